The maximum atomic E-state index is 11.3. The van der Waals surface area contributed by atoms with Gasteiger partial charge in [-0.15, -0.1) is 0 Å². The van der Waals surface area contributed by atoms with Crippen molar-refractivity contribution in [3.05, 3.63) is 12.2 Å². The van der Waals surface area contributed by atoms with Gasteiger partial charge in [0.1, 0.15) is 11.9 Å². The number of fused-ring (bicyclic) bond motifs is 1. The lowest BCUT2D eigenvalue weighted by molar-refractivity contribution is -0.139. The predicted octanol–water partition coefficient (Wildman–Crippen LogP) is 1.23. The van der Waals surface area contributed by atoms with E-state index in [1.54, 1.807) is 0 Å². The quantitative estimate of drug-likeness (QED) is 0.416. The summed E-state index contributed by atoms with van der Waals surface area (Å²) in [6.45, 7) is 3.67. The van der Waals surface area contributed by atoms with Crippen LogP contribution < -0.4 is 0 Å². The van der Waals surface area contributed by atoms with Crippen LogP contribution in [0.15, 0.2) is 12.2 Å². The molecule has 1 aliphatic heterocycles. The Morgan fingerprint density at radius 2 is 2.15 bits per heavy atom. The molecular weight excluding hydrogens is 168 g/mol. The molecule has 1 saturated carbocycles. The zero-order chi connectivity index (χ0) is 9.42. The normalized spacial score (nSPS) is 34.0. The molecule has 70 valence electrons. The van der Waals surface area contributed by atoms with E-state index in [4.69, 9.17) is 4.74 Å². The summed E-state index contributed by atoms with van der Waals surface area (Å²) < 4.78 is 5.12. The first-order valence-electron chi connectivity index (χ1n) is 4.60. The van der Waals surface area contributed by atoms with Crippen molar-refractivity contribution in [2.24, 2.45) is 5.92 Å². The highest BCUT2D eigenvalue weighted by molar-refractivity contribution is 5.92. The third-order valence-electron chi connectivity index (χ3n) is 2.81. The average molecular weight is 180 g/mol. The molecule has 2 atom stereocenters. The van der Waals surface area contributed by atoms with Gasteiger partial charge < -0.3 is 4.74 Å². The van der Waals surface area contributed by atoms with Gasteiger partial charge in [-0.05, 0) is 12.8 Å². The van der Waals surface area contributed by atoms with Crippen LogP contribution in [0.2, 0.25) is 0 Å². The Labute approximate surface area is 76.8 Å². The van der Waals surface area contributed by atoms with Gasteiger partial charge in [0.25, 0.3) is 0 Å². The minimum atomic E-state index is -0.315. The van der Waals surface area contributed by atoms with E-state index >= 15 is 0 Å². The molecule has 2 rings (SSSR count). The molecule has 0 amide bonds. The monoisotopic (exact) mass is 180 g/mol. The molecule has 0 spiro atoms. The van der Waals surface area contributed by atoms with Crippen LogP contribution in [0.1, 0.15) is 25.7 Å². The smallest absolute Gasteiger partial charge is 0.334 e. The number of ketones is 1. The molecule has 3 heteroatoms. The molecule has 2 aliphatic rings. The van der Waals surface area contributed by atoms with Crippen molar-refractivity contribution in [3.8, 4) is 0 Å². The Hall–Kier alpha value is -1.12. The van der Waals surface area contributed by atoms with Crippen molar-refractivity contribution in [1.82, 2.24) is 0 Å². The lowest BCUT2D eigenvalue weighted by Gasteiger charge is -2.11. The highest BCUT2D eigenvalue weighted by atomic mass is 16.6. The van der Waals surface area contributed by atoms with Crippen molar-refractivity contribution in [3.63, 3.8) is 0 Å². The van der Waals surface area contributed by atoms with Crippen LogP contribution in [-0.4, -0.2) is 17.9 Å². The SMILES string of the molecule is C=C1C(=O)OC2CCCC(=O)CC12. The molecule has 1 heterocycles. The number of rotatable bonds is 0. The second-order valence-electron chi connectivity index (χ2n) is 3.71. The van der Waals surface area contributed by atoms with Crippen molar-refractivity contribution >= 4 is 11.8 Å². The molecule has 0 bridgehead atoms. The predicted molar refractivity (Wildman–Crippen MR) is 46.0 cm³/mol. The van der Waals surface area contributed by atoms with Crippen molar-refractivity contribution in [2.45, 2.75) is 31.8 Å². The number of hydrogen-bond acceptors (Lipinski definition) is 3. The van der Waals surface area contributed by atoms with Gasteiger partial charge in [-0.1, -0.05) is 6.58 Å². The van der Waals surface area contributed by atoms with Gasteiger partial charge in [0.2, 0.25) is 0 Å². The Balaban J connectivity index is 2.20. The number of ether oxygens (including phenoxy) is 1. The van der Waals surface area contributed by atoms with Gasteiger partial charge in [0.05, 0.1) is 0 Å². The van der Waals surface area contributed by atoms with E-state index in [1.165, 1.54) is 0 Å². The molecule has 1 aliphatic carbocycles. The number of carbonyl (C=O) groups is 2. The molecule has 2 fully saturated rings. The van der Waals surface area contributed by atoms with E-state index < -0.39 is 0 Å². The number of carbonyl (C=O) groups excluding carboxylic acids is 2. The highest BCUT2D eigenvalue weighted by Gasteiger charge is 2.40. The van der Waals surface area contributed by atoms with E-state index in [0.717, 1.165) is 12.8 Å². The van der Waals surface area contributed by atoms with Crippen molar-refractivity contribution < 1.29 is 14.3 Å². The van der Waals surface area contributed by atoms with Crippen molar-refractivity contribution in [2.75, 3.05) is 0 Å². The third-order valence-corrected chi connectivity index (χ3v) is 2.81. The topological polar surface area (TPSA) is 43.4 Å². The number of hydrogen-bond donors (Lipinski definition) is 0. The standard InChI is InChI=1S/C10H12O3/c1-6-8-5-7(11)3-2-4-9(8)13-10(6)12/h8-9H,1-5H2. The van der Waals surface area contributed by atoms with E-state index in [-0.39, 0.29) is 23.8 Å². The second-order valence-corrected chi connectivity index (χ2v) is 3.71. The molecule has 0 aromatic rings. The van der Waals surface area contributed by atoms with Crippen molar-refractivity contribution in [1.29, 1.82) is 0 Å². The fourth-order valence-electron chi connectivity index (χ4n) is 2.03. The molecule has 1 saturated heterocycles. The number of esters is 1. The molecule has 0 radical (unpaired) electrons. The van der Waals surface area contributed by atoms with E-state index in [2.05, 4.69) is 6.58 Å². The van der Waals surface area contributed by atoms with Crippen LogP contribution >= 0.6 is 0 Å². The molecule has 2 unspecified atom stereocenters. The zero-order valence-electron chi connectivity index (χ0n) is 7.41. The molecule has 3 nitrogen and oxygen atoms in total. The first kappa shape index (κ1) is 8.48. The fraction of sp³-hybridized carbons (Fsp3) is 0.600. The fourth-order valence-corrected chi connectivity index (χ4v) is 2.03. The maximum absolute atomic E-state index is 11.3. The van der Waals surface area contributed by atoms with Gasteiger partial charge >= 0.3 is 5.97 Å². The minimum absolute atomic E-state index is 0.0394. The van der Waals surface area contributed by atoms with Crippen LogP contribution in [0.25, 0.3) is 0 Å². The molecule has 13 heavy (non-hydrogen) atoms. The van der Waals surface area contributed by atoms with E-state index in [0.29, 0.717) is 18.4 Å². The van der Waals surface area contributed by atoms with Crippen LogP contribution in [-0.2, 0) is 14.3 Å². The van der Waals surface area contributed by atoms with E-state index in [9.17, 15) is 9.59 Å². The summed E-state index contributed by atoms with van der Waals surface area (Å²) >= 11 is 0. The largest absolute Gasteiger partial charge is 0.458 e. The second kappa shape index (κ2) is 2.98. The molecule has 0 aromatic carbocycles. The third kappa shape index (κ3) is 1.39. The van der Waals surface area contributed by atoms with Crippen LogP contribution in [0.4, 0.5) is 0 Å². The summed E-state index contributed by atoms with van der Waals surface area (Å²) in [5.41, 5.74) is 0.486. The Bertz CT molecular complexity index is 280. The van der Waals surface area contributed by atoms with Gasteiger partial charge in [0.15, 0.2) is 0 Å². The van der Waals surface area contributed by atoms with Crippen LogP contribution in [0, 0.1) is 5.92 Å². The first-order valence-corrected chi connectivity index (χ1v) is 4.60. The minimum Gasteiger partial charge on any atom is -0.458 e. The highest BCUT2D eigenvalue weighted by Crippen LogP contribution is 2.35. The lowest BCUT2D eigenvalue weighted by atomic mass is 9.93. The van der Waals surface area contributed by atoms with Gasteiger partial charge in [-0.3, -0.25) is 4.79 Å². The molecule has 0 aromatic heterocycles. The molecule has 0 N–H and O–H groups in total. The maximum Gasteiger partial charge on any atom is 0.334 e. The zero-order valence-corrected chi connectivity index (χ0v) is 7.41. The van der Waals surface area contributed by atoms with Gasteiger partial charge in [0, 0.05) is 24.3 Å². The summed E-state index contributed by atoms with van der Waals surface area (Å²) in [5, 5.41) is 0. The summed E-state index contributed by atoms with van der Waals surface area (Å²) in [6, 6.07) is 0. The van der Waals surface area contributed by atoms with Crippen LogP contribution in [0.5, 0.6) is 0 Å². The lowest BCUT2D eigenvalue weighted by Crippen LogP contribution is -2.15. The Morgan fingerprint density at radius 3 is 2.92 bits per heavy atom. The summed E-state index contributed by atoms with van der Waals surface area (Å²) in [7, 11) is 0. The summed E-state index contributed by atoms with van der Waals surface area (Å²) in [5.74, 6) is -0.126. The number of Topliss-reactive ketones (excluding diaryl/α,β-unsaturated/α-hetero) is 1. The van der Waals surface area contributed by atoms with E-state index in [1.807, 2.05) is 0 Å². The first-order chi connectivity index (χ1) is 6.18. The summed E-state index contributed by atoms with van der Waals surface area (Å²) in [4.78, 5) is 22.4. The average Bonchev–Trinajstić information content (AvgIpc) is 2.29. The molecular formula is C10H12O3. The Kier molecular flexibility index (Phi) is 1.94. The van der Waals surface area contributed by atoms with Crippen LogP contribution in [0.3, 0.4) is 0 Å². The van der Waals surface area contributed by atoms with Gasteiger partial charge in [-0.25, -0.2) is 4.79 Å². The van der Waals surface area contributed by atoms with Gasteiger partial charge in [-0.2, -0.15) is 0 Å². The summed E-state index contributed by atoms with van der Waals surface area (Å²) in [6.07, 6.45) is 2.63. The Morgan fingerprint density at radius 1 is 1.38 bits per heavy atom.